The van der Waals surface area contributed by atoms with Crippen molar-refractivity contribution in [2.45, 2.75) is 38.0 Å². The van der Waals surface area contributed by atoms with Gasteiger partial charge in [-0.3, -0.25) is 9.89 Å². The van der Waals surface area contributed by atoms with Gasteiger partial charge in [0, 0.05) is 43.0 Å². The molecule has 3 rings (SSSR count). The van der Waals surface area contributed by atoms with Crippen LogP contribution in [0.25, 0.3) is 0 Å². The standard InChI is InChI=1S/C20H29N5O3S/c1-5-24-9-11-25(12-10-24)29(27,28)16-8-6-7-15(13-16)21-19(26)17-14-18(23-22-17)20(2,3)4/h6-8,13-14H,5,9-12H2,1-4H3,(H,21,26)(H,22,23). The second-order valence-electron chi connectivity index (χ2n) is 8.24. The molecule has 0 spiro atoms. The zero-order valence-corrected chi connectivity index (χ0v) is 18.2. The first-order chi connectivity index (χ1) is 13.6. The van der Waals surface area contributed by atoms with Crippen molar-refractivity contribution < 1.29 is 13.2 Å². The monoisotopic (exact) mass is 419 g/mol. The van der Waals surface area contributed by atoms with Gasteiger partial charge in [0.15, 0.2) is 5.69 Å². The number of sulfonamides is 1. The molecule has 0 radical (unpaired) electrons. The van der Waals surface area contributed by atoms with E-state index in [1.54, 1.807) is 24.3 Å². The zero-order valence-electron chi connectivity index (χ0n) is 17.4. The molecular formula is C20H29N5O3S. The van der Waals surface area contributed by atoms with Crippen LogP contribution in [0.5, 0.6) is 0 Å². The lowest BCUT2D eigenvalue weighted by Crippen LogP contribution is -2.48. The lowest BCUT2D eigenvalue weighted by molar-refractivity contribution is 0.102. The number of piperazine rings is 1. The third-order valence-corrected chi connectivity index (χ3v) is 7.02. The second kappa shape index (κ2) is 8.25. The van der Waals surface area contributed by atoms with Crippen molar-refractivity contribution in [3.05, 3.63) is 41.7 Å². The maximum Gasteiger partial charge on any atom is 0.276 e. The Balaban J connectivity index is 1.74. The van der Waals surface area contributed by atoms with Crippen LogP contribution < -0.4 is 5.32 Å². The first kappa shape index (κ1) is 21.5. The normalized spacial score (nSPS) is 16.7. The van der Waals surface area contributed by atoms with Gasteiger partial charge >= 0.3 is 0 Å². The fraction of sp³-hybridized carbons (Fsp3) is 0.500. The number of benzene rings is 1. The van der Waals surface area contributed by atoms with E-state index in [9.17, 15) is 13.2 Å². The van der Waals surface area contributed by atoms with Crippen LogP contribution in [-0.4, -0.2) is 66.5 Å². The second-order valence-corrected chi connectivity index (χ2v) is 10.2. The van der Waals surface area contributed by atoms with E-state index in [1.165, 1.54) is 10.4 Å². The molecule has 9 heteroatoms. The molecule has 0 bridgehead atoms. The predicted molar refractivity (Wildman–Crippen MR) is 113 cm³/mol. The summed E-state index contributed by atoms with van der Waals surface area (Å²) in [6.45, 7) is 11.4. The Morgan fingerprint density at radius 2 is 1.86 bits per heavy atom. The Bertz CT molecular complexity index is 970. The average Bonchev–Trinajstić information content (AvgIpc) is 3.19. The predicted octanol–water partition coefficient (Wildman–Crippen LogP) is 2.29. The van der Waals surface area contributed by atoms with Gasteiger partial charge in [0.1, 0.15) is 0 Å². The summed E-state index contributed by atoms with van der Waals surface area (Å²) in [5, 5.41) is 9.69. The highest BCUT2D eigenvalue weighted by atomic mass is 32.2. The smallest absolute Gasteiger partial charge is 0.276 e. The van der Waals surface area contributed by atoms with Crippen LogP contribution in [0.2, 0.25) is 0 Å². The van der Waals surface area contributed by atoms with Crippen molar-refractivity contribution in [3.63, 3.8) is 0 Å². The number of hydrogen-bond donors (Lipinski definition) is 2. The molecule has 1 aliphatic heterocycles. The van der Waals surface area contributed by atoms with E-state index < -0.39 is 10.0 Å². The molecule has 0 atom stereocenters. The Hall–Kier alpha value is -2.23. The number of amides is 1. The number of carbonyl (C=O) groups excluding carboxylic acids is 1. The third kappa shape index (κ3) is 4.85. The number of aromatic nitrogens is 2. The Kier molecular flexibility index (Phi) is 6.11. The number of carbonyl (C=O) groups is 1. The van der Waals surface area contributed by atoms with E-state index in [0.717, 1.165) is 25.3 Å². The number of rotatable bonds is 5. The number of likely N-dealkylation sites (N-methyl/N-ethyl adjacent to an activating group) is 1. The SMILES string of the molecule is CCN1CCN(S(=O)(=O)c2cccc(NC(=O)c3cc(C(C)(C)C)[nH]n3)c2)CC1. The lowest BCUT2D eigenvalue weighted by Gasteiger charge is -2.33. The largest absolute Gasteiger partial charge is 0.321 e. The number of anilines is 1. The first-order valence-corrected chi connectivity index (χ1v) is 11.2. The van der Waals surface area contributed by atoms with Crippen molar-refractivity contribution in [2.75, 3.05) is 38.0 Å². The van der Waals surface area contributed by atoms with Gasteiger partial charge in [-0.15, -0.1) is 0 Å². The Morgan fingerprint density at radius 1 is 1.17 bits per heavy atom. The van der Waals surface area contributed by atoms with Crippen molar-refractivity contribution in [1.29, 1.82) is 0 Å². The van der Waals surface area contributed by atoms with Gasteiger partial charge in [0.25, 0.3) is 5.91 Å². The summed E-state index contributed by atoms with van der Waals surface area (Å²) in [6, 6.07) is 8.07. The van der Waals surface area contributed by atoms with Crippen molar-refractivity contribution in [1.82, 2.24) is 19.4 Å². The van der Waals surface area contributed by atoms with E-state index in [-0.39, 0.29) is 21.9 Å². The number of H-pyrrole nitrogens is 1. The molecular weight excluding hydrogens is 390 g/mol. The highest BCUT2D eigenvalue weighted by molar-refractivity contribution is 7.89. The molecule has 1 aliphatic rings. The molecule has 1 fully saturated rings. The van der Waals surface area contributed by atoms with Crippen LogP contribution in [0.3, 0.4) is 0 Å². The molecule has 8 nitrogen and oxygen atoms in total. The summed E-state index contributed by atoms with van der Waals surface area (Å²) < 4.78 is 27.5. The molecule has 2 aromatic rings. The van der Waals surface area contributed by atoms with Gasteiger partial charge < -0.3 is 10.2 Å². The Morgan fingerprint density at radius 3 is 2.45 bits per heavy atom. The van der Waals surface area contributed by atoms with Gasteiger partial charge in [-0.2, -0.15) is 9.40 Å². The topological polar surface area (TPSA) is 98.4 Å². The van der Waals surface area contributed by atoms with Crippen LogP contribution in [0.4, 0.5) is 5.69 Å². The number of hydrogen-bond acceptors (Lipinski definition) is 5. The molecule has 158 valence electrons. The third-order valence-electron chi connectivity index (χ3n) is 5.13. The fourth-order valence-corrected chi connectivity index (χ4v) is 4.66. The van der Waals surface area contributed by atoms with Gasteiger partial charge in [0.05, 0.1) is 4.90 Å². The lowest BCUT2D eigenvalue weighted by atomic mass is 9.92. The molecule has 1 saturated heterocycles. The van der Waals surface area contributed by atoms with E-state index in [4.69, 9.17) is 0 Å². The number of nitrogens with zero attached hydrogens (tertiary/aromatic N) is 3. The maximum absolute atomic E-state index is 13.0. The quantitative estimate of drug-likeness (QED) is 0.775. The maximum atomic E-state index is 13.0. The number of nitrogens with one attached hydrogen (secondary N) is 2. The van der Waals surface area contributed by atoms with Crippen molar-refractivity contribution in [3.8, 4) is 0 Å². The molecule has 2 heterocycles. The van der Waals surface area contributed by atoms with E-state index in [0.29, 0.717) is 18.8 Å². The summed E-state index contributed by atoms with van der Waals surface area (Å²) in [7, 11) is -3.60. The van der Waals surface area contributed by atoms with Gasteiger partial charge in [0.2, 0.25) is 10.0 Å². The molecule has 29 heavy (non-hydrogen) atoms. The van der Waals surface area contributed by atoms with Gasteiger partial charge in [-0.05, 0) is 30.8 Å². The molecule has 0 saturated carbocycles. The fourth-order valence-electron chi connectivity index (χ4n) is 3.19. The summed E-state index contributed by atoms with van der Waals surface area (Å²) >= 11 is 0. The van der Waals surface area contributed by atoms with Crippen molar-refractivity contribution >= 4 is 21.6 Å². The summed E-state index contributed by atoms with van der Waals surface area (Å²) in [6.07, 6.45) is 0. The highest BCUT2D eigenvalue weighted by Crippen LogP contribution is 2.23. The van der Waals surface area contributed by atoms with Crippen LogP contribution in [0.1, 0.15) is 43.9 Å². The average molecular weight is 420 g/mol. The molecule has 1 amide bonds. The molecule has 0 unspecified atom stereocenters. The highest BCUT2D eigenvalue weighted by Gasteiger charge is 2.28. The van der Waals surface area contributed by atoms with Crippen molar-refractivity contribution in [2.24, 2.45) is 0 Å². The molecule has 1 aromatic carbocycles. The minimum absolute atomic E-state index is 0.151. The van der Waals surface area contributed by atoms with Gasteiger partial charge in [-0.25, -0.2) is 8.42 Å². The summed E-state index contributed by atoms with van der Waals surface area (Å²) in [5.41, 5.74) is 1.38. The van der Waals surface area contributed by atoms with E-state index in [2.05, 4.69) is 27.3 Å². The number of aromatic amines is 1. The summed E-state index contributed by atoms with van der Waals surface area (Å²) in [5.74, 6) is -0.386. The minimum atomic E-state index is -3.60. The van der Waals surface area contributed by atoms with Crippen LogP contribution in [0.15, 0.2) is 35.2 Å². The molecule has 1 aromatic heterocycles. The summed E-state index contributed by atoms with van der Waals surface area (Å²) in [4.78, 5) is 14.9. The first-order valence-electron chi connectivity index (χ1n) is 9.81. The van der Waals surface area contributed by atoms with Crippen LogP contribution in [0, 0.1) is 0 Å². The van der Waals surface area contributed by atoms with E-state index >= 15 is 0 Å². The van der Waals surface area contributed by atoms with Crippen LogP contribution >= 0.6 is 0 Å². The van der Waals surface area contributed by atoms with Gasteiger partial charge in [-0.1, -0.05) is 33.8 Å². The van der Waals surface area contributed by atoms with E-state index in [1.807, 2.05) is 20.8 Å². The Labute approximate surface area is 172 Å². The zero-order chi connectivity index (χ0) is 21.2. The van der Waals surface area contributed by atoms with Crippen LogP contribution in [-0.2, 0) is 15.4 Å². The molecule has 0 aliphatic carbocycles. The minimum Gasteiger partial charge on any atom is -0.321 e. The molecule has 2 N–H and O–H groups in total.